The number of nitro benzene ring substituents is 1. The van der Waals surface area contributed by atoms with E-state index in [2.05, 4.69) is 10.3 Å². The zero-order valence-electron chi connectivity index (χ0n) is 16.5. The highest BCUT2D eigenvalue weighted by molar-refractivity contribution is 5.94. The minimum atomic E-state index is -0.827. The van der Waals surface area contributed by atoms with Gasteiger partial charge in [0.15, 0.2) is 18.3 Å². The van der Waals surface area contributed by atoms with E-state index in [-0.39, 0.29) is 18.5 Å². The molecule has 1 amide bonds. The first kappa shape index (κ1) is 21.6. The lowest BCUT2D eigenvalue weighted by atomic mass is 10.1. The van der Waals surface area contributed by atoms with Gasteiger partial charge in [-0.1, -0.05) is 29.8 Å². The molecule has 0 aliphatic heterocycles. The molecule has 1 heterocycles. The normalized spacial score (nSPS) is 10.5. The largest absolute Gasteiger partial charge is 0.456 e. The summed E-state index contributed by atoms with van der Waals surface area (Å²) >= 11 is 0. The molecule has 0 fully saturated rings. The minimum Gasteiger partial charge on any atom is -0.456 e. The van der Waals surface area contributed by atoms with E-state index in [1.54, 1.807) is 6.20 Å². The van der Waals surface area contributed by atoms with Crippen LogP contribution in [-0.4, -0.2) is 28.4 Å². The lowest BCUT2D eigenvalue weighted by Gasteiger charge is -2.07. The Bertz CT molecular complexity index is 1110. The van der Waals surface area contributed by atoms with E-state index in [4.69, 9.17) is 9.15 Å². The van der Waals surface area contributed by atoms with Crippen LogP contribution in [0.2, 0.25) is 0 Å². The van der Waals surface area contributed by atoms with Crippen molar-refractivity contribution in [1.29, 1.82) is 0 Å². The minimum absolute atomic E-state index is 0.0716. The average molecular weight is 427 g/mol. The molecule has 1 aromatic heterocycles. The maximum Gasteiger partial charge on any atom is 0.306 e. The highest BCUT2D eigenvalue weighted by Gasteiger charge is 2.18. The summed E-state index contributed by atoms with van der Waals surface area (Å²) in [5.74, 6) is -1.35. The first-order chi connectivity index (χ1) is 14.8. The number of esters is 1. The number of halogens is 1. The Hall–Kier alpha value is -4.08. The molecular formula is C21H18FN3O6. The number of aryl methyl sites for hydroxylation is 2. The smallest absolute Gasteiger partial charge is 0.306 e. The molecule has 160 valence electrons. The first-order valence-electron chi connectivity index (χ1n) is 9.23. The Morgan fingerprint density at radius 1 is 1.23 bits per heavy atom. The number of rotatable bonds is 8. The predicted molar refractivity (Wildman–Crippen MR) is 108 cm³/mol. The Balaban J connectivity index is 1.47. The Morgan fingerprint density at radius 3 is 2.68 bits per heavy atom. The van der Waals surface area contributed by atoms with Crippen molar-refractivity contribution < 1.29 is 28.1 Å². The van der Waals surface area contributed by atoms with E-state index in [1.165, 1.54) is 0 Å². The number of nitrogens with one attached hydrogen (secondary N) is 1. The molecule has 31 heavy (non-hydrogen) atoms. The van der Waals surface area contributed by atoms with Crippen LogP contribution in [0.5, 0.6) is 0 Å². The molecule has 0 radical (unpaired) electrons. The van der Waals surface area contributed by atoms with Crippen LogP contribution in [0.15, 0.2) is 53.1 Å². The van der Waals surface area contributed by atoms with Crippen molar-refractivity contribution in [2.45, 2.75) is 19.8 Å². The van der Waals surface area contributed by atoms with Gasteiger partial charge in [0, 0.05) is 12.0 Å². The van der Waals surface area contributed by atoms with Crippen LogP contribution in [0.4, 0.5) is 15.8 Å². The van der Waals surface area contributed by atoms with Crippen LogP contribution in [0.3, 0.4) is 0 Å². The quantitative estimate of drug-likeness (QED) is 0.329. The van der Waals surface area contributed by atoms with E-state index in [9.17, 15) is 24.1 Å². The second kappa shape index (κ2) is 9.61. The van der Waals surface area contributed by atoms with Crippen molar-refractivity contribution in [3.63, 3.8) is 0 Å². The summed E-state index contributed by atoms with van der Waals surface area (Å²) < 4.78 is 23.6. The monoisotopic (exact) mass is 427 g/mol. The lowest BCUT2D eigenvalue weighted by molar-refractivity contribution is -0.384. The highest BCUT2D eigenvalue weighted by atomic mass is 19.1. The van der Waals surface area contributed by atoms with Gasteiger partial charge in [0.2, 0.25) is 0 Å². The predicted octanol–water partition coefficient (Wildman–Crippen LogP) is 3.81. The summed E-state index contributed by atoms with van der Waals surface area (Å²) in [5.41, 5.74) is 1.17. The molecular weight excluding hydrogens is 409 g/mol. The maximum absolute atomic E-state index is 13.1. The number of carbonyl (C=O) groups excluding carboxylic acids is 2. The van der Waals surface area contributed by atoms with Gasteiger partial charge >= 0.3 is 5.97 Å². The summed E-state index contributed by atoms with van der Waals surface area (Å²) in [6.07, 6.45) is 1.67. The molecule has 0 aliphatic carbocycles. The van der Waals surface area contributed by atoms with Crippen LogP contribution in [0.1, 0.15) is 17.9 Å². The zero-order chi connectivity index (χ0) is 22.4. The Kier molecular flexibility index (Phi) is 6.71. The van der Waals surface area contributed by atoms with Crippen LogP contribution in [0.25, 0.3) is 11.3 Å². The lowest BCUT2D eigenvalue weighted by Crippen LogP contribution is -2.21. The van der Waals surface area contributed by atoms with Crippen molar-refractivity contribution in [2.75, 3.05) is 11.9 Å². The number of carbonyl (C=O) groups is 2. The maximum atomic E-state index is 13.1. The van der Waals surface area contributed by atoms with Gasteiger partial charge < -0.3 is 14.5 Å². The highest BCUT2D eigenvalue weighted by Crippen LogP contribution is 2.25. The molecule has 10 heteroatoms. The third-order valence-corrected chi connectivity index (χ3v) is 4.23. The Labute approximate surface area is 176 Å². The summed E-state index contributed by atoms with van der Waals surface area (Å²) in [7, 11) is 0. The molecule has 1 N–H and O–H groups in total. The zero-order valence-corrected chi connectivity index (χ0v) is 16.5. The van der Waals surface area contributed by atoms with Gasteiger partial charge in [-0.2, -0.15) is 0 Å². The van der Waals surface area contributed by atoms with Crippen LogP contribution >= 0.6 is 0 Å². The van der Waals surface area contributed by atoms with Gasteiger partial charge in [-0.3, -0.25) is 19.7 Å². The molecule has 0 saturated carbocycles. The van der Waals surface area contributed by atoms with Gasteiger partial charge in [-0.05, 0) is 19.1 Å². The fraction of sp³-hybridized carbons (Fsp3) is 0.190. The van der Waals surface area contributed by atoms with Gasteiger partial charge in [-0.25, -0.2) is 9.37 Å². The van der Waals surface area contributed by atoms with Crippen LogP contribution in [-0.2, 0) is 20.7 Å². The van der Waals surface area contributed by atoms with Gasteiger partial charge in [0.05, 0.1) is 23.6 Å². The topological polar surface area (TPSA) is 125 Å². The molecule has 0 saturated heterocycles. The standard InChI is InChI=1S/C21H18FN3O6/c1-13-2-4-14(5-3-13)18-11-23-20(31-18)8-9-21(27)30-12-19(26)24-16-7-6-15(22)10-17(16)25(28)29/h2-7,10-11H,8-9,12H2,1H3,(H,24,26). The number of aromatic nitrogens is 1. The van der Waals surface area contributed by atoms with Crippen molar-refractivity contribution in [3.05, 3.63) is 76.0 Å². The van der Waals surface area contributed by atoms with Gasteiger partial charge in [0.1, 0.15) is 11.5 Å². The van der Waals surface area contributed by atoms with Crippen molar-refractivity contribution in [2.24, 2.45) is 0 Å². The third kappa shape index (κ3) is 5.95. The van der Waals surface area contributed by atoms with E-state index < -0.39 is 34.9 Å². The molecule has 9 nitrogen and oxygen atoms in total. The summed E-state index contributed by atoms with van der Waals surface area (Å²) in [4.78, 5) is 38.0. The first-order valence-corrected chi connectivity index (χ1v) is 9.23. The number of benzene rings is 2. The second-order valence-corrected chi connectivity index (χ2v) is 6.61. The molecule has 3 aromatic rings. The van der Waals surface area contributed by atoms with Gasteiger partial charge in [-0.15, -0.1) is 0 Å². The summed E-state index contributed by atoms with van der Waals surface area (Å²) in [6, 6.07) is 10.4. The van der Waals surface area contributed by atoms with Crippen molar-refractivity contribution >= 4 is 23.3 Å². The molecule has 0 atom stereocenters. The third-order valence-electron chi connectivity index (χ3n) is 4.23. The molecule has 2 aromatic carbocycles. The number of hydrogen-bond acceptors (Lipinski definition) is 7. The number of hydrogen-bond donors (Lipinski definition) is 1. The fourth-order valence-corrected chi connectivity index (χ4v) is 2.65. The number of amides is 1. The number of nitro groups is 1. The second-order valence-electron chi connectivity index (χ2n) is 6.61. The van der Waals surface area contributed by atoms with Crippen molar-refractivity contribution in [3.8, 4) is 11.3 Å². The van der Waals surface area contributed by atoms with E-state index in [1.807, 2.05) is 31.2 Å². The Morgan fingerprint density at radius 2 is 1.97 bits per heavy atom. The van der Waals surface area contributed by atoms with E-state index >= 15 is 0 Å². The molecule has 3 rings (SSSR count). The fourth-order valence-electron chi connectivity index (χ4n) is 2.65. The summed E-state index contributed by atoms with van der Waals surface area (Å²) in [5, 5.41) is 13.2. The molecule has 0 aliphatic rings. The van der Waals surface area contributed by atoms with E-state index in [0.717, 1.165) is 23.3 Å². The van der Waals surface area contributed by atoms with Crippen LogP contribution in [0, 0.1) is 22.9 Å². The number of anilines is 1. The van der Waals surface area contributed by atoms with Crippen LogP contribution < -0.4 is 5.32 Å². The number of ether oxygens (including phenoxy) is 1. The van der Waals surface area contributed by atoms with Crippen molar-refractivity contribution in [1.82, 2.24) is 4.98 Å². The van der Waals surface area contributed by atoms with Gasteiger partial charge in [0.25, 0.3) is 11.6 Å². The SMILES string of the molecule is Cc1ccc(-c2cnc(CCC(=O)OCC(=O)Nc3ccc(F)cc3[N+](=O)[O-])o2)cc1. The molecule has 0 bridgehead atoms. The average Bonchev–Trinajstić information content (AvgIpc) is 3.21. The molecule has 0 spiro atoms. The van der Waals surface area contributed by atoms with E-state index in [0.29, 0.717) is 17.7 Å². The number of oxazole rings is 1. The number of nitrogens with zero attached hydrogens (tertiary/aromatic N) is 2. The summed E-state index contributed by atoms with van der Waals surface area (Å²) in [6.45, 7) is 1.33. The molecule has 0 unspecified atom stereocenters.